The molecule has 0 saturated carbocycles. The maximum atomic E-state index is 12.1. The molecule has 0 radical (unpaired) electrons. The molecular weight excluding hydrogens is 260 g/mol. The molecule has 1 aromatic carbocycles. The molecule has 1 rings (SSSR count). The summed E-state index contributed by atoms with van der Waals surface area (Å²) in [6.07, 6.45) is 0.510. The molecule has 0 heterocycles. The third-order valence-corrected chi connectivity index (χ3v) is 4.93. The maximum absolute atomic E-state index is 12.1. The van der Waals surface area contributed by atoms with E-state index in [0.29, 0.717) is 6.42 Å². The molecule has 0 aliphatic heterocycles. The summed E-state index contributed by atoms with van der Waals surface area (Å²) in [7, 11) is -3.39. The van der Waals surface area contributed by atoms with Gasteiger partial charge in [-0.05, 0) is 29.5 Å². The Bertz CT molecular complexity index is 495. The van der Waals surface area contributed by atoms with Crippen LogP contribution in [-0.4, -0.2) is 25.4 Å². The molecule has 4 heteroatoms. The summed E-state index contributed by atoms with van der Waals surface area (Å²) >= 11 is 0. The normalized spacial score (nSPS) is 14.4. The van der Waals surface area contributed by atoms with E-state index in [1.807, 2.05) is 19.1 Å². The van der Waals surface area contributed by atoms with Gasteiger partial charge in [0.15, 0.2) is 9.84 Å². The summed E-state index contributed by atoms with van der Waals surface area (Å²) in [5, 5.41) is 9.65. The number of sulfone groups is 1. The van der Waals surface area contributed by atoms with E-state index in [4.69, 9.17) is 0 Å². The summed E-state index contributed by atoms with van der Waals surface area (Å²) in [6, 6.07) is 6.96. The zero-order valence-corrected chi connectivity index (χ0v) is 13.0. The average Bonchev–Trinajstić information content (AvgIpc) is 2.27. The summed E-state index contributed by atoms with van der Waals surface area (Å²) in [6.45, 7) is 8.18. The Morgan fingerprint density at radius 3 is 2.11 bits per heavy atom. The highest BCUT2D eigenvalue weighted by atomic mass is 32.2. The van der Waals surface area contributed by atoms with Crippen molar-refractivity contribution in [2.24, 2.45) is 0 Å². The van der Waals surface area contributed by atoms with E-state index < -0.39 is 15.9 Å². The Hall–Kier alpha value is -0.870. The lowest BCUT2D eigenvalue weighted by molar-refractivity contribution is 0.186. The highest BCUT2D eigenvalue weighted by molar-refractivity contribution is 7.91. The van der Waals surface area contributed by atoms with Gasteiger partial charge < -0.3 is 5.11 Å². The first kappa shape index (κ1) is 16.2. The first-order valence-corrected chi connectivity index (χ1v) is 8.33. The SMILES string of the molecule is CCCC(O)CS(=O)(=O)c1ccc(C(C)(C)C)cc1. The quantitative estimate of drug-likeness (QED) is 0.904. The standard InChI is InChI=1S/C15H24O3S/c1-5-6-13(16)11-19(17,18)14-9-7-12(8-10-14)15(2,3)4/h7-10,13,16H,5-6,11H2,1-4H3. The van der Waals surface area contributed by atoms with Crippen molar-refractivity contribution in [3.05, 3.63) is 29.8 Å². The third-order valence-electron chi connectivity index (χ3n) is 3.11. The largest absolute Gasteiger partial charge is 0.392 e. The second-order valence-electron chi connectivity index (χ2n) is 6.00. The molecule has 108 valence electrons. The van der Waals surface area contributed by atoms with E-state index in [-0.39, 0.29) is 16.1 Å². The van der Waals surface area contributed by atoms with Gasteiger partial charge in [0.2, 0.25) is 0 Å². The van der Waals surface area contributed by atoms with Crippen molar-refractivity contribution >= 4 is 9.84 Å². The Balaban J connectivity index is 2.91. The second-order valence-corrected chi connectivity index (χ2v) is 8.03. The predicted molar refractivity (Wildman–Crippen MR) is 78.1 cm³/mol. The minimum atomic E-state index is -3.39. The fourth-order valence-electron chi connectivity index (χ4n) is 1.93. The lowest BCUT2D eigenvalue weighted by atomic mass is 9.87. The van der Waals surface area contributed by atoms with Gasteiger partial charge in [0.05, 0.1) is 16.8 Å². The van der Waals surface area contributed by atoms with Crippen LogP contribution in [0.5, 0.6) is 0 Å². The minimum absolute atomic E-state index is 0.00398. The molecule has 3 nitrogen and oxygen atoms in total. The molecule has 0 aliphatic rings. The molecule has 19 heavy (non-hydrogen) atoms. The Morgan fingerprint density at radius 1 is 1.16 bits per heavy atom. The molecule has 1 atom stereocenters. The Morgan fingerprint density at radius 2 is 1.68 bits per heavy atom. The average molecular weight is 284 g/mol. The molecule has 1 N–H and O–H groups in total. The molecule has 0 fully saturated rings. The van der Waals surface area contributed by atoms with Gasteiger partial charge in [0.25, 0.3) is 0 Å². The highest BCUT2D eigenvalue weighted by Crippen LogP contribution is 2.24. The number of benzene rings is 1. The van der Waals surface area contributed by atoms with Crippen LogP contribution >= 0.6 is 0 Å². The van der Waals surface area contributed by atoms with Gasteiger partial charge >= 0.3 is 0 Å². The summed E-state index contributed by atoms with van der Waals surface area (Å²) in [4.78, 5) is 0.288. The van der Waals surface area contributed by atoms with Crippen LogP contribution in [0.15, 0.2) is 29.2 Å². The zero-order valence-electron chi connectivity index (χ0n) is 12.2. The minimum Gasteiger partial charge on any atom is -0.392 e. The van der Waals surface area contributed by atoms with Crippen molar-refractivity contribution in [1.82, 2.24) is 0 Å². The number of rotatable bonds is 5. The second kappa shape index (κ2) is 6.06. The van der Waals surface area contributed by atoms with Gasteiger partial charge in [-0.15, -0.1) is 0 Å². The van der Waals surface area contributed by atoms with Crippen molar-refractivity contribution < 1.29 is 13.5 Å². The molecule has 0 amide bonds. The monoisotopic (exact) mass is 284 g/mol. The van der Waals surface area contributed by atoms with Crippen LogP contribution in [0.2, 0.25) is 0 Å². The van der Waals surface area contributed by atoms with Gasteiger partial charge in [-0.3, -0.25) is 0 Å². The Labute approximate surface area is 116 Å². The van der Waals surface area contributed by atoms with Crippen LogP contribution < -0.4 is 0 Å². The fourth-order valence-corrected chi connectivity index (χ4v) is 3.34. The zero-order chi connectivity index (χ0) is 14.7. The predicted octanol–water partition coefficient (Wildman–Crippen LogP) is 2.92. The van der Waals surface area contributed by atoms with Gasteiger partial charge in [-0.25, -0.2) is 8.42 Å². The van der Waals surface area contributed by atoms with Gasteiger partial charge in [-0.1, -0.05) is 46.2 Å². The molecule has 0 spiro atoms. The first-order valence-electron chi connectivity index (χ1n) is 6.68. The summed E-state index contributed by atoms with van der Waals surface area (Å²) in [5.74, 6) is -0.199. The topological polar surface area (TPSA) is 54.4 Å². The van der Waals surface area contributed by atoms with Crippen LogP contribution in [0, 0.1) is 0 Å². The lowest BCUT2D eigenvalue weighted by Gasteiger charge is -2.19. The van der Waals surface area contributed by atoms with E-state index >= 15 is 0 Å². The van der Waals surface area contributed by atoms with Crippen LogP contribution in [0.4, 0.5) is 0 Å². The van der Waals surface area contributed by atoms with E-state index in [9.17, 15) is 13.5 Å². The van der Waals surface area contributed by atoms with Crippen molar-refractivity contribution in [3.63, 3.8) is 0 Å². The maximum Gasteiger partial charge on any atom is 0.180 e. The smallest absolute Gasteiger partial charge is 0.180 e. The number of aliphatic hydroxyl groups excluding tert-OH is 1. The van der Waals surface area contributed by atoms with Gasteiger partial charge in [0, 0.05) is 0 Å². The van der Waals surface area contributed by atoms with Crippen LogP contribution in [0.1, 0.15) is 46.1 Å². The number of aliphatic hydroxyl groups is 1. The molecule has 0 aromatic heterocycles. The molecule has 1 unspecified atom stereocenters. The van der Waals surface area contributed by atoms with E-state index in [1.165, 1.54) is 0 Å². The van der Waals surface area contributed by atoms with Gasteiger partial charge in [0.1, 0.15) is 0 Å². The molecule has 0 saturated heterocycles. The van der Waals surface area contributed by atoms with Crippen LogP contribution in [0.3, 0.4) is 0 Å². The molecule has 0 bridgehead atoms. The van der Waals surface area contributed by atoms with Crippen molar-refractivity contribution in [2.45, 2.75) is 57.0 Å². The summed E-state index contributed by atoms with van der Waals surface area (Å²) < 4.78 is 24.2. The third kappa shape index (κ3) is 4.62. The van der Waals surface area contributed by atoms with E-state index in [1.54, 1.807) is 12.1 Å². The highest BCUT2D eigenvalue weighted by Gasteiger charge is 2.20. The van der Waals surface area contributed by atoms with Crippen LogP contribution in [-0.2, 0) is 15.3 Å². The lowest BCUT2D eigenvalue weighted by Crippen LogP contribution is -2.21. The summed E-state index contributed by atoms with van der Waals surface area (Å²) in [5.41, 5.74) is 1.10. The van der Waals surface area contributed by atoms with Crippen molar-refractivity contribution in [3.8, 4) is 0 Å². The van der Waals surface area contributed by atoms with Crippen LogP contribution in [0.25, 0.3) is 0 Å². The number of hydrogen-bond acceptors (Lipinski definition) is 3. The molecule has 0 aliphatic carbocycles. The Kier molecular flexibility index (Phi) is 5.16. The fraction of sp³-hybridized carbons (Fsp3) is 0.600. The van der Waals surface area contributed by atoms with E-state index in [2.05, 4.69) is 20.8 Å². The molecular formula is C15H24O3S. The van der Waals surface area contributed by atoms with Crippen molar-refractivity contribution in [1.29, 1.82) is 0 Å². The van der Waals surface area contributed by atoms with E-state index in [0.717, 1.165) is 12.0 Å². The first-order chi connectivity index (χ1) is 8.66. The van der Waals surface area contributed by atoms with Crippen molar-refractivity contribution in [2.75, 3.05) is 5.75 Å². The molecule has 1 aromatic rings. The number of hydrogen-bond donors (Lipinski definition) is 1. The van der Waals surface area contributed by atoms with Gasteiger partial charge in [-0.2, -0.15) is 0 Å².